The van der Waals surface area contributed by atoms with Crippen LogP contribution in [0.5, 0.6) is 0 Å². The van der Waals surface area contributed by atoms with Crippen LogP contribution in [-0.4, -0.2) is 33.2 Å². The molecule has 1 aliphatic rings. The number of amides is 1. The fourth-order valence-corrected chi connectivity index (χ4v) is 4.67. The van der Waals surface area contributed by atoms with Gasteiger partial charge in [-0.05, 0) is 24.3 Å². The first-order chi connectivity index (χ1) is 12.6. The van der Waals surface area contributed by atoms with Crippen LogP contribution in [0.3, 0.4) is 0 Å². The topological polar surface area (TPSA) is 59.2 Å². The van der Waals surface area contributed by atoms with Crippen LogP contribution >= 0.6 is 35.0 Å². The third-order valence-electron chi connectivity index (χ3n) is 4.06. The van der Waals surface area contributed by atoms with Crippen LogP contribution in [0.4, 0.5) is 0 Å². The highest BCUT2D eigenvalue weighted by atomic mass is 35.5. The molecule has 5 nitrogen and oxygen atoms in total. The van der Waals surface area contributed by atoms with E-state index in [2.05, 4.69) is 10.1 Å². The molecular formula is C18H13Cl2N3O2S. The van der Waals surface area contributed by atoms with Gasteiger partial charge < -0.3 is 9.42 Å². The summed E-state index contributed by atoms with van der Waals surface area (Å²) >= 11 is 14.0. The summed E-state index contributed by atoms with van der Waals surface area (Å²) in [6, 6.07) is 10.6. The molecule has 0 radical (unpaired) electrons. The lowest BCUT2D eigenvalue weighted by Crippen LogP contribution is -2.30. The maximum absolute atomic E-state index is 13.0. The zero-order chi connectivity index (χ0) is 18.1. The summed E-state index contributed by atoms with van der Waals surface area (Å²) in [7, 11) is 0. The summed E-state index contributed by atoms with van der Waals surface area (Å²) in [6.45, 7) is 0.613. The molecule has 1 saturated heterocycles. The number of carbonyl (C=O) groups is 1. The van der Waals surface area contributed by atoms with E-state index in [0.717, 1.165) is 16.9 Å². The lowest BCUT2D eigenvalue weighted by Gasteiger charge is -2.24. The molecule has 0 aliphatic carbocycles. The number of hydrogen-bond acceptors (Lipinski definition) is 5. The second-order valence-electron chi connectivity index (χ2n) is 5.71. The number of aromatic nitrogens is 2. The van der Waals surface area contributed by atoms with Crippen molar-refractivity contribution in [3.63, 3.8) is 0 Å². The molecule has 3 heterocycles. The molecule has 3 aromatic rings. The molecule has 0 N–H and O–H groups in total. The minimum Gasteiger partial charge on any atom is -0.355 e. The Morgan fingerprint density at radius 2 is 2.15 bits per heavy atom. The van der Waals surface area contributed by atoms with E-state index in [4.69, 9.17) is 27.7 Å². The van der Waals surface area contributed by atoms with Crippen molar-refractivity contribution < 1.29 is 9.32 Å². The Hall–Kier alpha value is -2.02. The number of benzene rings is 1. The monoisotopic (exact) mass is 405 g/mol. The Morgan fingerprint density at radius 3 is 2.92 bits per heavy atom. The summed E-state index contributed by atoms with van der Waals surface area (Å²) in [6.07, 6.45) is 3.34. The van der Waals surface area contributed by atoms with Crippen LogP contribution in [0.25, 0.3) is 11.3 Å². The summed E-state index contributed by atoms with van der Waals surface area (Å²) < 4.78 is 5.32. The maximum Gasteiger partial charge on any atom is 0.277 e. The Bertz CT molecular complexity index is 949. The Labute approximate surface area is 164 Å². The Kier molecular flexibility index (Phi) is 4.89. The molecule has 1 aromatic carbocycles. The van der Waals surface area contributed by atoms with Gasteiger partial charge in [0, 0.05) is 51.9 Å². The number of nitrogens with zero attached hydrogens (tertiary/aromatic N) is 3. The summed E-state index contributed by atoms with van der Waals surface area (Å²) in [5.41, 5.74) is 1.90. The average molecular weight is 406 g/mol. The molecule has 26 heavy (non-hydrogen) atoms. The molecule has 1 aliphatic heterocycles. The van der Waals surface area contributed by atoms with Crippen LogP contribution in [0.2, 0.25) is 10.0 Å². The van der Waals surface area contributed by atoms with Gasteiger partial charge in [0.2, 0.25) is 0 Å². The maximum atomic E-state index is 13.0. The molecule has 2 aromatic heterocycles. The highest BCUT2D eigenvalue weighted by molar-refractivity contribution is 7.99. The molecule has 0 spiro atoms. The van der Waals surface area contributed by atoms with Crippen molar-refractivity contribution in [1.29, 1.82) is 0 Å². The van der Waals surface area contributed by atoms with E-state index < -0.39 is 0 Å². The first kappa shape index (κ1) is 17.4. The highest BCUT2D eigenvalue weighted by Crippen LogP contribution is 2.42. The van der Waals surface area contributed by atoms with Gasteiger partial charge in [-0.3, -0.25) is 9.78 Å². The van der Waals surface area contributed by atoms with Crippen molar-refractivity contribution in [3.05, 3.63) is 70.1 Å². The van der Waals surface area contributed by atoms with Crippen molar-refractivity contribution in [3.8, 4) is 11.3 Å². The van der Waals surface area contributed by atoms with E-state index in [9.17, 15) is 4.79 Å². The number of rotatable bonds is 3. The lowest BCUT2D eigenvalue weighted by molar-refractivity contribution is 0.0750. The molecule has 132 valence electrons. The lowest BCUT2D eigenvalue weighted by atomic mass is 10.2. The third kappa shape index (κ3) is 3.32. The van der Waals surface area contributed by atoms with Gasteiger partial charge in [0.05, 0.1) is 0 Å². The second-order valence-corrected chi connectivity index (χ2v) is 7.74. The second kappa shape index (κ2) is 7.31. The number of hydrogen-bond donors (Lipinski definition) is 0. The van der Waals surface area contributed by atoms with Crippen molar-refractivity contribution in [2.75, 3.05) is 12.3 Å². The minimum absolute atomic E-state index is 0.175. The predicted molar refractivity (Wildman–Crippen MR) is 102 cm³/mol. The van der Waals surface area contributed by atoms with Crippen LogP contribution in [0.15, 0.2) is 53.3 Å². The molecule has 0 saturated carbocycles. The van der Waals surface area contributed by atoms with Gasteiger partial charge >= 0.3 is 0 Å². The molecule has 8 heteroatoms. The van der Waals surface area contributed by atoms with Crippen LogP contribution in [0.1, 0.15) is 21.4 Å². The number of halogens is 2. The van der Waals surface area contributed by atoms with Crippen LogP contribution in [0, 0.1) is 0 Å². The van der Waals surface area contributed by atoms with Gasteiger partial charge in [-0.25, -0.2) is 0 Å². The van der Waals surface area contributed by atoms with Crippen LogP contribution in [-0.2, 0) is 0 Å². The van der Waals surface area contributed by atoms with Crippen molar-refractivity contribution in [1.82, 2.24) is 15.0 Å². The van der Waals surface area contributed by atoms with E-state index in [-0.39, 0.29) is 17.0 Å². The third-order valence-corrected chi connectivity index (χ3v) is 5.86. The summed E-state index contributed by atoms with van der Waals surface area (Å²) in [4.78, 5) is 18.8. The molecule has 1 fully saturated rings. The van der Waals surface area contributed by atoms with Crippen molar-refractivity contribution in [2.24, 2.45) is 0 Å². The van der Waals surface area contributed by atoms with Crippen LogP contribution < -0.4 is 0 Å². The zero-order valence-corrected chi connectivity index (χ0v) is 15.8. The van der Waals surface area contributed by atoms with E-state index in [0.29, 0.717) is 22.4 Å². The quantitative estimate of drug-likeness (QED) is 0.617. The van der Waals surface area contributed by atoms with Crippen molar-refractivity contribution >= 4 is 40.9 Å². The van der Waals surface area contributed by atoms with Gasteiger partial charge in [0.25, 0.3) is 5.91 Å². The minimum atomic E-state index is -0.190. The molecule has 0 bridgehead atoms. The Morgan fingerprint density at radius 1 is 1.27 bits per heavy atom. The number of carbonyl (C=O) groups excluding carboxylic acids is 1. The molecule has 1 amide bonds. The largest absolute Gasteiger partial charge is 0.355 e. The summed E-state index contributed by atoms with van der Waals surface area (Å²) in [5.74, 6) is 1.14. The average Bonchev–Trinajstić information content (AvgIpc) is 3.32. The van der Waals surface area contributed by atoms with Gasteiger partial charge in [0.1, 0.15) is 5.37 Å². The smallest absolute Gasteiger partial charge is 0.277 e. The van der Waals surface area contributed by atoms with E-state index in [1.165, 1.54) is 0 Å². The van der Waals surface area contributed by atoms with E-state index in [1.807, 2.05) is 12.1 Å². The number of thioether (sulfide) groups is 1. The fraction of sp³-hybridized carbons (Fsp3) is 0.167. The SMILES string of the molecule is O=C(c1cc(-c2cccnc2)on1)N1CCSC1c1ccc(Cl)cc1Cl. The van der Waals surface area contributed by atoms with E-state index >= 15 is 0 Å². The van der Waals surface area contributed by atoms with Gasteiger partial charge in [-0.15, -0.1) is 11.8 Å². The zero-order valence-electron chi connectivity index (χ0n) is 13.4. The summed E-state index contributed by atoms with van der Waals surface area (Å²) in [5, 5.41) is 4.88. The van der Waals surface area contributed by atoms with Crippen molar-refractivity contribution in [2.45, 2.75) is 5.37 Å². The molecule has 4 rings (SSSR count). The molecule has 1 atom stereocenters. The normalized spacial score (nSPS) is 16.8. The number of pyridine rings is 1. The van der Waals surface area contributed by atoms with Gasteiger partial charge in [0.15, 0.2) is 11.5 Å². The fourth-order valence-electron chi connectivity index (χ4n) is 2.81. The standard InChI is InChI=1S/C18H13Cl2N3O2S/c19-12-3-4-13(14(20)8-12)18-23(6-7-26-18)17(24)15-9-16(25-22-15)11-2-1-5-21-10-11/h1-5,8-10,18H,6-7H2. The predicted octanol–water partition coefficient (Wildman–Crippen LogP) is 4.93. The van der Waals surface area contributed by atoms with Gasteiger partial charge in [-0.1, -0.05) is 34.4 Å². The molecular weight excluding hydrogens is 393 g/mol. The first-order valence-corrected chi connectivity index (χ1v) is 9.68. The van der Waals surface area contributed by atoms with E-state index in [1.54, 1.807) is 53.3 Å². The Balaban J connectivity index is 1.60. The van der Waals surface area contributed by atoms with Gasteiger partial charge in [-0.2, -0.15) is 0 Å². The first-order valence-electron chi connectivity index (χ1n) is 7.88. The molecule has 1 unspecified atom stereocenters. The highest BCUT2D eigenvalue weighted by Gasteiger charge is 2.34.